The van der Waals surface area contributed by atoms with Crippen molar-refractivity contribution in [1.29, 1.82) is 0 Å². The van der Waals surface area contributed by atoms with Gasteiger partial charge in [-0.3, -0.25) is 4.79 Å². The molecule has 0 aliphatic carbocycles. The van der Waals surface area contributed by atoms with E-state index in [1.807, 2.05) is 32.0 Å². The van der Waals surface area contributed by atoms with Crippen LogP contribution in [0.2, 0.25) is 5.02 Å². The predicted molar refractivity (Wildman–Crippen MR) is 108 cm³/mol. The third-order valence-corrected chi connectivity index (χ3v) is 4.71. The predicted octanol–water partition coefficient (Wildman–Crippen LogP) is 5.04. The molecular formula is C21H20ClF3N4O. The molecule has 0 unspecified atom stereocenters. The number of benzene rings is 1. The van der Waals surface area contributed by atoms with Crippen molar-refractivity contribution < 1.29 is 18.0 Å². The number of hydrogen-bond donors (Lipinski definition) is 1. The van der Waals surface area contributed by atoms with Crippen LogP contribution >= 0.6 is 11.6 Å². The zero-order valence-corrected chi connectivity index (χ0v) is 17.1. The third kappa shape index (κ3) is 4.99. The first-order chi connectivity index (χ1) is 14.2. The van der Waals surface area contributed by atoms with Crippen LogP contribution < -0.4 is 5.32 Å². The Labute approximate surface area is 176 Å². The van der Waals surface area contributed by atoms with Gasteiger partial charge in [0.15, 0.2) is 5.82 Å². The van der Waals surface area contributed by atoms with E-state index in [2.05, 4.69) is 15.4 Å². The summed E-state index contributed by atoms with van der Waals surface area (Å²) in [5.74, 6) is -0.200. The average molecular weight is 437 g/mol. The third-order valence-electron chi connectivity index (χ3n) is 4.48. The molecule has 0 aliphatic rings. The van der Waals surface area contributed by atoms with Crippen LogP contribution in [0.15, 0.2) is 48.8 Å². The number of hydrogen-bond acceptors (Lipinski definition) is 3. The molecule has 0 fully saturated rings. The number of nitrogens with zero attached hydrogens (tertiary/aromatic N) is 3. The van der Waals surface area contributed by atoms with Crippen LogP contribution in [0.5, 0.6) is 0 Å². The molecule has 0 saturated carbocycles. The topological polar surface area (TPSA) is 59.8 Å². The van der Waals surface area contributed by atoms with Crippen LogP contribution in [-0.4, -0.2) is 27.2 Å². The Morgan fingerprint density at radius 2 is 1.97 bits per heavy atom. The normalized spacial score (nSPS) is 11.7. The van der Waals surface area contributed by atoms with Crippen molar-refractivity contribution in [3.05, 3.63) is 76.2 Å². The van der Waals surface area contributed by atoms with Crippen molar-refractivity contribution in [3.8, 4) is 5.82 Å². The standard InChI is InChI=1S/C21H20ClF3N4O/c1-13(2)19-17(20(30)26-9-8-14-4-3-5-16(22)10-14)12-28-29(19)18-7-6-15(11-27-18)21(23,24)25/h3-7,10-13H,8-9H2,1-2H3,(H,26,30). The summed E-state index contributed by atoms with van der Waals surface area (Å²) in [4.78, 5) is 16.6. The van der Waals surface area contributed by atoms with Gasteiger partial charge < -0.3 is 5.32 Å². The zero-order chi connectivity index (χ0) is 21.9. The van der Waals surface area contributed by atoms with Crippen LogP contribution in [-0.2, 0) is 12.6 Å². The summed E-state index contributed by atoms with van der Waals surface area (Å²) >= 11 is 5.97. The Kier molecular flexibility index (Phi) is 6.45. The number of carbonyl (C=O) groups excluding carboxylic acids is 1. The lowest BCUT2D eigenvalue weighted by Gasteiger charge is -2.13. The number of pyridine rings is 1. The molecule has 1 amide bonds. The van der Waals surface area contributed by atoms with Gasteiger partial charge in [-0.25, -0.2) is 9.67 Å². The smallest absolute Gasteiger partial charge is 0.352 e. The molecule has 0 spiro atoms. The minimum atomic E-state index is -4.47. The highest BCUT2D eigenvalue weighted by molar-refractivity contribution is 6.30. The number of carbonyl (C=O) groups is 1. The molecule has 3 aromatic rings. The van der Waals surface area contributed by atoms with E-state index < -0.39 is 11.7 Å². The number of amides is 1. The number of aromatic nitrogens is 3. The second kappa shape index (κ2) is 8.87. The maximum Gasteiger partial charge on any atom is 0.417 e. The van der Waals surface area contributed by atoms with Gasteiger partial charge in [0.25, 0.3) is 5.91 Å². The van der Waals surface area contributed by atoms with E-state index in [1.54, 1.807) is 6.07 Å². The van der Waals surface area contributed by atoms with Gasteiger partial charge in [0.1, 0.15) is 0 Å². The van der Waals surface area contributed by atoms with E-state index in [0.29, 0.717) is 29.2 Å². The molecular weight excluding hydrogens is 417 g/mol. The van der Waals surface area contributed by atoms with Crippen LogP contribution in [0.3, 0.4) is 0 Å². The summed E-state index contributed by atoms with van der Waals surface area (Å²) in [6.45, 7) is 4.15. The largest absolute Gasteiger partial charge is 0.417 e. The van der Waals surface area contributed by atoms with E-state index in [1.165, 1.54) is 16.9 Å². The first-order valence-corrected chi connectivity index (χ1v) is 9.69. The molecule has 0 atom stereocenters. The van der Waals surface area contributed by atoms with Crippen LogP contribution in [0.1, 0.15) is 46.9 Å². The summed E-state index contributed by atoms with van der Waals surface area (Å²) in [6.07, 6.45) is -1.70. The number of nitrogens with one attached hydrogen (secondary N) is 1. The quantitative estimate of drug-likeness (QED) is 0.589. The lowest BCUT2D eigenvalue weighted by atomic mass is 10.1. The van der Waals surface area contributed by atoms with Crippen LogP contribution in [0.25, 0.3) is 5.82 Å². The van der Waals surface area contributed by atoms with Crippen LogP contribution in [0.4, 0.5) is 13.2 Å². The zero-order valence-electron chi connectivity index (χ0n) is 16.4. The first-order valence-electron chi connectivity index (χ1n) is 9.31. The fourth-order valence-corrected chi connectivity index (χ4v) is 3.27. The lowest BCUT2D eigenvalue weighted by Crippen LogP contribution is -2.26. The van der Waals surface area contributed by atoms with Gasteiger partial charge >= 0.3 is 6.18 Å². The van der Waals surface area contributed by atoms with E-state index in [9.17, 15) is 18.0 Å². The molecule has 1 N–H and O–H groups in total. The van der Waals surface area contributed by atoms with Crippen molar-refractivity contribution in [2.45, 2.75) is 32.4 Å². The van der Waals surface area contributed by atoms with Gasteiger partial charge in [0, 0.05) is 17.8 Å². The highest BCUT2D eigenvalue weighted by Gasteiger charge is 2.31. The van der Waals surface area contributed by atoms with Crippen LogP contribution in [0, 0.1) is 0 Å². The summed E-state index contributed by atoms with van der Waals surface area (Å²) in [7, 11) is 0. The maximum atomic E-state index is 12.8. The fraction of sp³-hybridized carbons (Fsp3) is 0.286. The molecule has 0 radical (unpaired) electrons. The minimum absolute atomic E-state index is 0.106. The Morgan fingerprint density at radius 3 is 2.57 bits per heavy atom. The SMILES string of the molecule is CC(C)c1c(C(=O)NCCc2cccc(Cl)c2)cnn1-c1ccc(C(F)(F)F)cn1. The molecule has 0 bridgehead atoms. The Bertz CT molecular complexity index is 1030. The first kappa shape index (κ1) is 21.8. The number of rotatable bonds is 6. The molecule has 1 aromatic carbocycles. The Morgan fingerprint density at radius 1 is 1.20 bits per heavy atom. The summed E-state index contributed by atoms with van der Waals surface area (Å²) in [5, 5.41) is 7.68. The second-order valence-electron chi connectivity index (χ2n) is 7.05. The van der Waals surface area contributed by atoms with E-state index >= 15 is 0 Å². The molecule has 3 rings (SSSR count). The van der Waals surface area contributed by atoms with Crippen molar-refractivity contribution in [2.75, 3.05) is 6.54 Å². The highest BCUT2D eigenvalue weighted by atomic mass is 35.5. The molecule has 0 aliphatic heterocycles. The molecule has 0 saturated heterocycles. The maximum absolute atomic E-state index is 12.8. The molecule has 5 nitrogen and oxygen atoms in total. The summed E-state index contributed by atoms with van der Waals surface area (Å²) in [6, 6.07) is 9.56. The van der Waals surface area contributed by atoms with Gasteiger partial charge in [-0.05, 0) is 42.2 Å². The van der Waals surface area contributed by atoms with Gasteiger partial charge in [-0.1, -0.05) is 37.6 Å². The second-order valence-corrected chi connectivity index (χ2v) is 7.49. The fourth-order valence-electron chi connectivity index (χ4n) is 3.06. The average Bonchev–Trinajstić information content (AvgIpc) is 3.13. The van der Waals surface area contributed by atoms with E-state index in [4.69, 9.17) is 11.6 Å². The van der Waals surface area contributed by atoms with Crippen molar-refractivity contribution in [2.24, 2.45) is 0 Å². The van der Waals surface area contributed by atoms with E-state index in [-0.39, 0.29) is 17.6 Å². The molecule has 158 valence electrons. The molecule has 2 heterocycles. The summed E-state index contributed by atoms with van der Waals surface area (Å²) < 4.78 is 39.7. The molecule has 2 aromatic heterocycles. The lowest BCUT2D eigenvalue weighted by molar-refractivity contribution is -0.137. The molecule has 30 heavy (non-hydrogen) atoms. The van der Waals surface area contributed by atoms with Crippen molar-refractivity contribution in [1.82, 2.24) is 20.1 Å². The number of halogens is 4. The van der Waals surface area contributed by atoms with Crippen molar-refractivity contribution in [3.63, 3.8) is 0 Å². The Balaban J connectivity index is 1.77. The van der Waals surface area contributed by atoms with Crippen molar-refractivity contribution >= 4 is 17.5 Å². The highest BCUT2D eigenvalue weighted by Crippen LogP contribution is 2.29. The summed E-state index contributed by atoms with van der Waals surface area (Å²) in [5.41, 5.74) is 1.08. The minimum Gasteiger partial charge on any atom is -0.352 e. The van der Waals surface area contributed by atoms with E-state index in [0.717, 1.165) is 17.8 Å². The monoisotopic (exact) mass is 436 g/mol. The number of alkyl halides is 3. The van der Waals surface area contributed by atoms with Gasteiger partial charge in [-0.2, -0.15) is 18.3 Å². The van der Waals surface area contributed by atoms with Gasteiger partial charge in [-0.15, -0.1) is 0 Å². The Hall–Kier alpha value is -2.87. The van der Waals surface area contributed by atoms with Gasteiger partial charge in [0.05, 0.1) is 23.0 Å². The molecule has 9 heteroatoms. The van der Waals surface area contributed by atoms with Gasteiger partial charge in [0.2, 0.25) is 0 Å².